The molecular weight excluding hydrogens is 359 g/mol. The second-order valence-electron chi connectivity index (χ2n) is 5.44. The quantitative estimate of drug-likeness (QED) is 0.310. The predicted octanol–water partition coefficient (Wildman–Crippen LogP) is 3.16. The smallest absolute Gasteiger partial charge is 0.338 e. The molecule has 8 nitrogen and oxygen atoms in total. The van der Waals surface area contributed by atoms with Gasteiger partial charge < -0.3 is 19.5 Å². The van der Waals surface area contributed by atoms with Crippen molar-refractivity contribution in [3.05, 3.63) is 63.5 Å². The van der Waals surface area contributed by atoms with Crippen molar-refractivity contribution in [1.29, 1.82) is 0 Å². The van der Waals surface area contributed by atoms with E-state index in [1.165, 1.54) is 44.6 Å². The molecule has 0 aromatic heterocycles. The van der Waals surface area contributed by atoms with Crippen LogP contribution in [0.2, 0.25) is 0 Å². The number of nitrogens with one attached hydrogen (secondary N) is 1. The standard InChI is InChI=1S/C18H19FN2O6/c1-25-8-7-20-15-5-3-12(10-16(15)21(23)24)18(22)27-11-13-9-14(19)4-6-17(13)26-2/h3-6,9-10,20H,7-8,11H2,1-2H3. The average molecular weight is 378 g/mol. The van der Waals surface area contributed by atoms with Gasteiger partial charge in [-0.1, -0.05) is 0 Å². The van der Waals surface area contributed by atoms with Crippen LogP contribution in [0, 0.1) is 15.9 Å². The first-order valence-corrected chi connectivity index (χ1v) is 7.97. The molecule has 0 bridgehead atoms. The van der Waals surface area contributed by atoms with Gasteiger partial charge in [-0.05, 0) is 30.3 Å². The van der Waals surface area contributed by atoms with Crippen LogP contribution in [-0.4, -0.2) is 38.3 Å². The third-order valence-corrected chi connectivity index (χ3v) is 3.65. The Kier molecular flexibility index (Phi) is 7.07. The van der Waals surface area contributed by atoms with E-state index in [1.54, 1.807) is 0 Å². The highest BCUT2D eigenvalue weighted by molar-refractivity contribution is 5.91. The SMILES string of the molecule is COCCNc1ccc(C(=O)OCc2cc(F)ccc2OC)cc1[N+](=O)[O-]. The van der Waals surface area contributed by atoms with Gasteiger partial charge in [0.2, 0.25) is 0 Å². The van der Waals surface area contributed by atoms with E-state index in [0.29, 0.717) is 24.5 Å². The molecule has 0 unspecified atom stereocenters. The first kappa shape index (κ1) is 20.1. The van der Waals surface area contributed by atoms with Gasteiger partial charge in [-0.15, -0.1) is 0 Å². The molecule has 144 valence electrons. The Hall–Kier alpha value is -3.20. The first-order valence-electron chi connectivity index (χ1n) is 7.97. The van der Waals surface area contributed by atoms with Gasteiger partial charge in [0, 0.05) is 25.3 Å². The van der Waals surface area contributed by atoms with Crippen molar-refractivity contribution in [2.45, 2.75) is 6.61 Å². The molecule has 0 aliphatic heterocycles. The highest BCUT2D eigenvalue weighted by atomic mass is 19.1. The Morgan fingerprint density at radius 1 is 1.22 bits per heavy atom. The fourth-order valence-corrected chi connectivity index (χ4v) is 2.33. The van der Waals surface area contributed by atoms with Gasteiger partial charge in [-0.25, -0.2) is 9.18 Å². The molecular formula is C18H19FN2O6. The summed E-state index contributed by atoms with van der Waals surface area (Å²) in [6.45, 7) is 0.512. The van der Waals surface area contributed by atoms with Gasteiger partial charge in [0.25, 0.3) is 5.69 Å². The molecule has 0 saturated heterocycles. The lowest BCUT2D eigenvalue weighted by Gasteiger charge is -2.10. The van der Waals surface area contributed by atoms with Gasteiger partial charge in [0.1, 0.15) is 23.9 Å². The summed E-state index contributed by atoms with van der Waals surface area (Å²) in [5, 5.41) is 14.1. The van der Waals surface area contributed by atoms with E-state index in [-0.39, 0.29) is 23.5 Å². The van der Waals surface area contributed by atoms with Crippen LogP contribution in [0.1, 0.15) is 15.9 Å². The van der Waals surface area contributed by atoms with Gasteiger partial charge in [-0.2, -0.15) is 0 Å². The maximum Gasteiger partial charge on any atom is 0.338 e. The zero-order valence-electron chi connectivity index (χ0n) is 14.9. The number of anilines is 1. The van der Waals surface area contributed by atoms with Gasteiger partial charge in [0.05, 0.1) is 24.2 Å². The monoisotopic (exact) mass is 378 g/mol. The molecule has 9 heteroatoms. The van der Waals surface area contributed by atoms with Crippen molar-refractivity contribution in [3.63, 3.8) is 0 Å². The highest BCUT2D eigenvalue weighted by Gasteiger charge is 2.19. The molecule has 0 aliphatic carbocycles. The van der Waals surface area contributed by atoms with Crippen LogP contribution in [0.5, 0.6) is 5.75 Å². The van der Waals surface area contributed by atoms with E-state index < -0.39 is 16.7 Å². The van der Waals surface area contributed by atoms with Crippen molar-refractivity contribution < 1.29 is 28.3 Å². The Morgan fingerprint density at radius 2 is 2.00 bits per heavy atom. The minimum Gasteiger partial charge on any atom is -0.496 e. The van der Waals surface area contributed by atoms with Gasteiger partial charge in [0.15, 0.2) is 0 Å². The van der Waals surface area contributed by atoms with Crippen LogP contribution in [0.3, 0.4) is 0 Å². The number of benzene rings is 2. The summed E-state index contributed by atoms with van der Waals surface area (Å²) < 4.78 is 28.5. The lowest BCUT2D eigenvalue weighted by molar-refractivity contribution is -0.384. The number of carbonyl (C=O) groups is 1. The fraction of sp³-hybridized carbons (Fsp3) is 0.278. The zero-order valence-corrected chi connectivity index (χ0v) is 14.9. The Labute approximate surface area is 155 Å². The van der Waals surface area contributed by atoms with Crippen LogP contribution >= 0.6 is 0 Å². The normalized spacial score (nSPS) is 10.3. The first-order chi connectivity index (χ1) is 13.0. The lowest BCUT2D eigenvalue weighted by Crippen LogP contribution is -2.11. The van der Waals surface area contributed by atoms with Crippen LogP contribution in [0.25, 0.3) is 0 Å². The Balaban J connectivity index is 2.13. The molecule has 2 aromatic rings. The molecule has 0 atom stereocenters. The summed E-state index contributed by atoms with van der Waals surface area (Å²) in [5.74, 6) is -0.898. The number of methoxy groups -OCH3 is 2. The minimum atomic E-state index is -0.771. The van der Waals surface area contributed by atoms with Crippen LogP contribution in [-0.2, 0) is 16.1 Å². The number of halogens is 1. The number of nitrogens with zero attached hydrogens (tertiary/aromatic N) is 1. The Morgan fingerprint density at radius 3 is 2.67 bits per heavy atom. The number of ether oxygens (including phenoxy) is 3. The predicted molar refractivity (Wildman–Crippen MR) is 95.5 cm³/mol. The fourth-order valence-electron chi connectivity index (χ4n) is 2.33. The van der Waals surface area contributed by atoms with Gasteiger partial charge >= 0.3 is 5.97 Å². The largest absolute Gasteiger partial charge is 0.496 e. The number of nitro groups is 1. The highest BCUT2D eigenvalue weighted by Crippen LogP contribution is 2.26. The average Bonchev–Trinajstić information content (AvgIpc) is 2.66. The second-order valence-corrected chi connectivity index (χ2v) is 5.44. The third-order valence-electron chi connectivity index (χ3n) is 3.65. The summed E-state index contributed by atoms with van der Waals surface area (Å²) in [6, 6.07) is 7.80. The van der Waals surface area contributed by atoms with E-state index >= 15 is 0 Å². The molecule has 0 fully saturated rings. The van der Waals surface area contributed by atoms with Crippen molar-refractivity contribution >= 4 is 17.3 Å². The number of esters is 1. The molecule has 0 radical (unpaired) electrons. The van der Waals surface area contributed by atoms with E-state index in [0.717, 1.165) is 6.07 Å². The molecule has 0 amide bonds. The summed E-state index contributed by atoms with van der Waals surface area (Å²) in [7, 11) is 2.93. The number of hydrogen-bond donors (Lipinski definition) is 1. The second kappa shape index (κ2) is 9.48. The number of nitro benzene ring substituents is 1. The van der Waals surface area contributed by atoms with Crippen molar-refractivity contribution in [3.8, 4) is 5.75 Å². The van der Waals surface area contributed by atoms with Crippen LogP contribution < -0.4 is 10.1 Å². The number of hydrogen-bond acceptors (Lipinski definition) is 7. The molecule has 0 spiro atoms. The molecule has 2 rings (SSSR count). The Bertz CT molecular complexity index is 827. The topological polar surface area (TPSA) is 99.9 Å². The molecule has 0 saturated carbocycles. The summed E-state index contributed by atoms with van der Waals surface area (Å²) in [5.41, 5.74) is 0.358. The summed E-state index contributed by atoms with van der Waals surface area (Å²) in [6.07, 6.45) is 0. The maximum absolute atomic E-state index is 13.4. The molecule has 27 heavy (non-hydrogen) atoms. The van der Waals surface area contributed by atoms with E-state index in [9.17, 15) is 19.3 Å². The third kappa shape index (κ3) is 5.38. The van der Waals surface area contributed by atoms with E-state index in [1.807, 2.05) is 0 Å². The van der Waals surface area contributed by atoms with Crippen LogP contribution in [0.4, 0.5) is 15.8 Å². The van der Waals surface area contributed by atoms with E-state index in [4.69, 9.17) is 14.2 Å². The summed E-state index contributed by atoms with van der Waals surface area (Å²) >= 11 is 0. The van der Waals surface area contributed by atoms with Crippen LogP contribution in [0.15, 0.2) is 36.4 Å². The number of rotatable bonds is 9. The molecule has 0 heterocycles. The summed E-state index contributed by atoms with van der Waals surface area (Å²) in [4.78, 5) is 22.9. The van der Waals surface area contributed by atoms with E-state index in [2.05, 4.69) is 5.32 Å². The van der Waals surface area contributed by atoms with Crippen molar-refractivity contribution in [2.75, 3.05) is 32.7 Å². The van der Waals surface area contributed by atoms with Gasteiger partial charge in [-0.3, -0.25) is 10.1 Å². The molecule has 1 N–H and O–H groups in total. The number of carbonyl (C=O) groups excluding carboxylic acids is 1. The molecule has 0 aliphatic rings. The lowest BCUT2D eigenvalue weighted by atomic mass is 10.1. The van der Waals surface area contributed by atoms with Crippen molar-refractivity contribution in [2.24, 2.45) is 0 Å². The maximum atomic E-state index is 13.4. The van der Waals surface area contributed by atoms with Crippen molar-refractivity contribution in [1.82, 2.24) is 0 Å². The molecule has 2 aromatic carbocycles. The minimum absolute atomic E-state index is 0.00867. The zero-order chi connectivity index (χ0) is 19.8.